The summed E-state index contributed by atoms with van der Waals surface area (Å²) in [5.74, 6) is -60.3. The van der Waals surface area contributed by atoms with E-state index >= 15 is 0 Å². The van der Waals surface area contributed by atoms with Gasteiger partial charge in [-0.05, 0) is 0 Å². The molecule has 0 bridgehead atoms. The summed E-state index contributed by atoms with van der Waals surface area (Å²) in [4.78, 5) is 0. The van der Waals surface area contributed by atoms with Crippen LogP contribution in [0.1, 0.15) is 12.8 Å². The lowest BCUT2D eigenvalue weighted by atomic mass is 9.88. The molecule has 37 heavy (non-hydrogen) atoms. The molecule has 0 spiro atoms. The summed E-state index contributed by atoms with van der Waals surface area (Å²) >= 11 is 0. The van der Waals surface area contributed by atoms with E-state index in [4.69, 9.17) is 16.9 Å². The SMILES string of the molecule is CO[Si](N)(OC)OC(N)(N)CCC(F)(F)C(F)(F)C(F)(F)C(F)(F)C(F)(F)C(F)(F)C(F)(F)C(F)(F)F. The van der Waals surface area contributed by atoms with E-state index in [2.05, 4.69) is 13.3 Å². The Balaban J connectivity index is 6.42. The maximum Gasteiger partial charge on any atom is 0.595 e. The Bertz CT molecular complexity index is 801. The van der Waals surface area contributed by atoms with Gasteiger partial charge in [-0.15, -0.1) is 0 Å². The summed E-state index contributed by atoms with van der Waals surface area (Å²) in [6, 6.07) is 0. The maximum atomic E-state index is 13.9. The van der Waals surface area contributed by atoms with Gasteiger partial charge in [0.15, 0.2) is 5.85 Å². The summed E-state index contributed by atoms with van der Waals surface area (Å²) in [5.41, 5.74) is 10.1. The third-order valence-corrected chi connectivity index (χ3v) is 6.32. The average molecular weight is 613 g/mol. The molecular formula is C13H16F17N3O3Si. The van der Waals surface area contributed by atoms with Gasteiger partial charge in [-0.25, -0.2) is 0 Å². The predicted octanol–water partition coefficient (Wildman–Crippen LogP) is 4.05. The molecule has 0 atom stereocenters. The highest BCUT2D eigenvalue weighted by Gasteiger charge is 2.95. The molecule has 0 amide bonds. The molecule has 0 aliphatic rings. The van der Waals surface area contributed by atoms with E-state index in [1.807, 2.05) is 0 Å². The maximum absolute atomic E-state index is 13.9. The van der Waals surface area contributed by atoms with Crippen molar-refractivity contribution < 1.29 is 87.9 Å². The molecule has 0 fully saturated rings. The van der Waals surface area contributed by atoms with Gasteiger partial charge in [-0.2, -0.15) is 74.6 Å². The Labute approximate surface area is 195 Å². The molecule has 0 saturated heterocycles. The number of rotatable bonds is 13. The Hall–Kier alpha value is -1.21. The van der Waals surface area contributed by atoms with Crippen LogP contribution in [0.15, 0.2) is 0 Å². The standard InChI is InChI=1S/C13H16F17N3O3Si/c1-34-37(33,35-2)36-6(31,32)4-3-5(14,15)7(16,17)8(18,19)9(20,21)10(22,23)11(24,25)12(26,27)13(28,29)30/h3-4,31-33H2,1-2H3. The molecule has 0 unspecified atom stereocenters. The molecule has 0 heterocycles. The zero-order valence-electron chi connectivity index (χ0n) is 17.8. The van der Waals surface area contributed by atoms with Crippen LogP contribution in [0, 0.1) is 0 Å². The van der Waals surface area contributed by atoms with Gasteiger partial charge >= 0.3 is 56.6 Å². The second-order valence-electron chi connectivity index (χ2n) is 7.22. The second kappa shape index (κ2) is 9.76. The van der Waals surface area contributed by atoms with Gasteiger partial charge < -0.3 is 13.3 Å². The third-order valence-electron chi connectivity index (χ3n) is 4.52. The van der Waals surface area contributed by atoms with Gasteiger partial charge in [0, 0.05) is 27.1 Å². The van der Waals surface area contributed by atoms with E-state index in [1.165, 1.54) is 0 Å². The predicted molar refractivity (Wildman–Crippen MR) is 86.1 cm³/mol. The van der Waals surface area contributed by atoms with Gasteiger partial charge in [0.2, 0.25) is 0 Å². The Morgan fingerprint density at radius 1 is 0.514 bits per heavy atom. The highest BCUT2D eigenvalue weighted by molar-refractivity contribution is 6.56. The topological polar surface area (TPSA) is 106 Å². The van der Waals surface area contributed by atoms with Crippen LogP contribution in [-0.2, 0) is 13.3 Å². The van der Waals surface area contributed by atoms with E-state index in [-0.39, 0.29) is 0 Å². The quantitative estimate of drug-likeness (QED) is 0.165. The number of halogens is 17. The average Bonchev–Trinajstić information content (AvgIpc) is 2.70. The normalized spacial score (nSPS) is 16.4. The molecule has 0 rings (SSSR count). The van der Waals surface area contributed by atoms with Gasteiger partial charge in [-0.3, -0.25) is 16.9 Å². The number of hydrogen-bond acceptors (Lipinski definition) is 6. The van der Waals surface area contributed by atoms with E-state index < -0.39 is 75.3 Å². The monoisotopic (exact) mass is 613 g/mol. The van der Waals surface area contributed by atoms with Crippen molar-refractivity contribution in [3.05, 3.63) is 0 Å². The molecule has 0 radical (unpaired) electrons. The first-order valence-electron chi connectivity index (χ1n) is 8.67. The lowest BCUT2D eigenvalue weighted by molar-refractivity contribution is -0.462. The first-order valence-corrected chi connectivity index (χ1v) is 10.5. The highest BCUT2D eigenvalue weighted by Crippen LogP contribution is 2.64. The number of alkyl halides is 17. The van der Waals surface area contributed by atoms with Crippen LogP contribution >= 0.6 is 0 Å². The minimum Gasteiger partial charge on any atom is -0.365 e. The highest BCUT2D eigenvalue weighted by atomic mass is 28.4. The van der Waals surface area contributed by atoms with Gasteiger partial charge in [0.25, 0.3) is 0 Å². The van der Waals surface area contributed by atoms with E-state index in [0.717, 1.165) is 14.2 Å². The summed E-state index contributed by atoms with van der Waals surface area (Å²) < 4.78 is 238. The van der Waals surface area contributed by atoms with Crippen molar-refractivity contribution in [2.45, 2.75) is 66.3 Å². The molecule has 0 aliphatic heterocycles. The summed E-state index contributed by atoms with van der Waals surface area (Å²) in [7, 11) is -2.93. The first kappa shape index (κ1) is 35.8. The van der Waals surface area contributed by atoms with Gasteiger partial charge in [-0.1, -0.05) is 0 Å². The van der Waals surface area contributed by atoms with Crippen molar-refractivity contribution in [1.82, 2.24) is 0 Å². The van der Waals surface area contributed by atoms with Crippen molar-refractivity contribution in [2.75, 3.05) is 14.2 Å². The van der Waals surface area contributed by atoms with E-state index in [1.54, 1.807) is 0 Å². The molecular weight excluding hydrogens is 597 g/mol. The fourth-order valence-corrected chi connectivity index (χ4v) is 3.15. The minimum absolute atomic E-state index is 0.745. The molecule has 0 aromatic carbocycles. The zero-order valence-corrected chi connectivity index (χ0v) is 18.8. The van der Waals surface area contributed by atoms with Crippen LogP contribution in [0.2, 0.25) is 0 Å². The van der Waals surface area contributed by atoms with Gasteiger partial charge in [0.1, 0.15) is 0 Å². The van der Waals surface area contributed by atoms with Crippen LogP contribution in [0.25, 0.3) is 0 Å². The van der Waals surface area contributed by atoms with Crippen molar-refractivity contribution in [3.63, 3.8) is 0 Å². The van der Waals surface area contributed by atoms with Crippen molar-refractivity contribution in [2.24, 2.45) is 16.9 Å². The molecule has 6 N–H and O–H groups in total. The van der Waals surface area contributed by atoms with Crippen molar-refractivity contribution in [1.29, 1.82) is 0 Å². The number of hydrogen-bond donors (Lipinski definition) is 3. The minimum atomic E-state index is -8.71. The van der Waals surface area contributed by atoms with E-state index in [9.17, 15) is 74.6 Å². The molecule has 0 aromatic heterocycles. The summed E-state index contributed by atoms with van der Waals surface area (Å²) in [5, 5.41) is 5.25. The van der Waals surface area contributed by atoms with Gasteiger partial charge in [0.05, 0.1) is 0 Å². The second-order valence-corrected chi connectivity index (χ2v) is 9.45. The molecule has 0 aromatic rings. The summed E-state index contributed by atoms with van der Waals surface area (Å²) in [6.07, 6.45) is -12.7. The lowest BCUT2D eigenvalue weighted by Crippen LogP contribution is -2.74. The fourth-order valence-electron chi connectivity index (χ4n) is 2.19. The van der Waals surface area contributed by atoms with E-state index in [0.29, 0.717) is 0 Å². The summed E-state index contributed by atoms with van der Waals surface area (Å²) in [6.45, 7) is 0. The Morgan fingerprint density at radius 2 is 0.811 bits per heavy atom. The van der Waals surface area contributed by atoms with Crippen molar-refractivity contribution in [3.8, 4) is 0 Å². The van der Waals surface area contributed by atoms with Crippen LogP contribution in [0.4, 0.5) is 74.6 Å². The lowest BCUT2D eigenvalue weighted by Gasteiger charge is -2.43. The van der Waals surface area contributed by atoms with Crippen LogP contribution in [0.3, 0.4) is 0 Å². The zero-order chi connectivity index (χ0) is 30.5. The first-order chi connectivity index (χ1) is 15.8. The van der Waals surface area contributed by atoms with Crippen LogP contribution in [0.5, 0.6) is 0 Å². The van der Waals surface area contributed by atoms with Crippen molar-refractivity contribution >= 4 is 8.97 Å². The molecule has 224 valence electrons. The molecule has 24 heteroatoms. The fraction of sp³-hybridized carbons (Fsp3) is 1.00. The Kier molecular flexibility index (Phi) is 9.44. The molecule has 0 saturated carbocycles. The van der Waals surface area contributed by atoms with Crippen LogP contribution < -0.4 is 16.9 Å². The molecule has 0 aliphatic carbocycles. The molecule has 6 nitrogen and oxygen atoms in total. The largest absolute Gasteiger partial charge is 0.595 e. The Morgan fingerprint density at radius 3 is 1.11 bits per heavy atom. The smallest absolute Gasteiger partial charge is 0.365 e. The number of nitrogens with two attached hydrogens (primary N) is 3. The van der Waals surface area contributed by atoms with Crippen LogP contribution in [-0.4, -0.2) is 76.7 Å². The third kappa shape index (κ3) is 5.73.